The molecule has 0 saturated carbocycles. The van der Waals surface area contributed by atoms with E-state index in [-0.39, 0.29) is 11.8 Å². The maximum absolute atomic E-state index is 13.0. The Hall–Kier alpha value is -3.23. The van der Waals surface area contributed by atoms with Crippen LogP contribution in [-0.4, -0.2) is 33.9 Å². The standard InChI is InChI=1S/C22H22F3N5O/c1-13-14(2)27-20-18(26-13)6-7-19(28-20)29-21(31)15-8-10-30(11-9-15)17-5-3-4-16(12-17)22(23,24)25/h3-7,12,15H,8-11H2,1-2H3,(H,27,28,29,31). The average molecular weight is 429 g/mol. The Balaban J connectivity index is 1.40. The molecule has 3 aromatic rings. The van der Waals surface area contributed by atoms with Gasteiger partial charge in [-0.25, -0.2) is 15.0 Å². The largest absolute Gasteiger partial charge is 0.416 e. The Bertz CT molecular complexity index is 1120. The van der Waals surface area contributed by atoms with E-state index in [1.807, 2.05) is 18.7 Å². The van der Waals surface area contributed by atoms with Gasteiger partial charge in [0.05, 0.1) is 17.0 Å². The number of hydrogen-bond acceptors (Lipinski definition) is 5. The Morgan fingerprint density at radius 2 is 1.74 bits per heavy atom. The van der Waals surface area contributed by atoms with Crippen LogP contribution in [0.15, 0.2) is 36.4 Å². The smallest absolute Gasteiger partial charge is 0.371 e. The number of aryl methyl sites for hydroxylation is 2. The number of carbonyl (C=O) groups is 1. The number of fused-ring (bicyclic) bond motifs is 1. The quantitative estimate of drug-likeness (QED) is 0.663. The van der Waals surface area contributed by atoms with Gasteiger partial charge in [0.2, 0.25) is 5.91 Å². The summed E-state index contributed by atoms with van der Waals surface area (Å²) in [5.41, 5.74) is 2.61. The zero-order valence-corrected chi connectivity index (χ0v) is 17.2. The van der Waals surface area contributed by atoms with E-state index in [4.69, 9.17) is 0 Å². The van der Waals surface area contributed by atoms with Gasteiger partial charge in [0.15, 0.2) is 5.65 Å². The zero-order valence-electron chi connectivity index (χ0n) is 17.2. The SMILES string of the molecule is Cc1nc2ccc(NC(=O)C3CCN(c4cccc(C(F)(F)F)c4)CC3)nc2nc1C. The Kier molecular flexibility index (Phi) is 5.51. The average Bonchev–Trinajstić information content (AvgIpc) is 2.74. The maximum Gasteiger partial charge on any atom is 0.416 e. The van der Waals surface area contributed by atoms with Crippen molar-refractivity contribution in [3.05, 3.63) is 53.3 Å². The lowest BCUT2D eigenvalue weighted by molar-refractivity contribution is -0.137. The molecule has 0 bridgehead atoms. The van der Waals surface area contributed by atoms with Crippen LogP contribution in [0.3, 0.4) is 0 Å². The van der Waals surface area contributed by atoms with Crippen molar-refractivity contribution in [3.63, 3.8) is 0 Å². The van der Waals surface area contributed by atoms with Gasteiger partial charge in [-0.2, -0.15) is 13.2 Å². The number of pyridine rings is 1. The molecule has 0 atom stereocenters. The second-order valence-electron chi connectivity index (χ2n) is 7.73. The number of alkyl halides is 3. The van der Waals surface area contributed by atoms with Crippen molar-refractivity contribution >= 4 is 28.6 Å². The van der Waals surface area contributed by atoms with Crippen LogP contribution in [0.1, 0.15) is 29.8 Å². The molecule has 6 nitrogen and oxygen atoms in total. The summed E-state index contributed by atoms with van der Waals surface area (Å²) in [6.07, 6.45) is -3.27. The molecule has 1 aliphatic heterocycles. The van der Waals surface area contributed by atoms with E-state index in [1.54, 1.807) is 18.2 Å². The van der Waals surface area contributed by atoms with Gasteiger partial charge in [0.25, 0.3) is 0 Å². The van der Waals surface area contributed by atoms with Gasteiger partial charge >= 0.3 is 6.18 Å². The van der Waals surface area contributed by atoms with Crippen LogP contribution in [0.2, 0.25) is 0 Å². The minimum atomic E-state index is -4.37. The van der Waals surface area contributed by atoms with Gasteiger partial charge in [-0.1, -0.05) is 6.07 Å². The van der Waals surface area contributed by atoms with Crippen molar-refractivity contribution in [2.45, 2.75) is 32.9 Å². The minimum absolute atomic E-state index is 0.146. The molecule has 1 saturated heterocycles. The number of aromatic nitrogens is 3. The number of hydrogen-bond donors (Lipinski definition) is 1. The molecule has 4 rings (SSSR count). The molecule has 162 valence electrons. The van der Waals surface area contributed by atoms with E-state index in [1.165, 1.54) is 6.07 Å². The molecule has 1 fully saturated rings. The van der Waals surface area contributed by atoms with Crippen molar-refractivity contribution in [2.75, 3.05) is 23.3 Å². The Morgan fingerprint density at radius 3 is 2.45 bits per heavy atom. The first-order chi connectivity index (χ1) is 14.7. The van der Waals surface area contributed by atoms with Crippen molar-refractivity contribution in [3.8, 4) is 0 Å². The highest BCUT2D eigenvalue weighted by molar-refractivity contribution is 5.92. The highest BCUT2D eigenvalue weighted by Gasteiger charge is 2.31. The van der Waals surface area contributed by atoms with Crippen LogP contribution >= 0.6 is 0 Å². The molecule has 31 heavy (non-hydrogen) atoms. The van der Waals surface area contributed by atoms with E-state index in [9.17, 15) is 18.0 Å². The van der Waals surface area contributed by atoms with Crippen LogP contribution in [-0.2, 0) is 11.0 Å². The summed E-state index contributed by atoms with van der Waals surface area (Å²) in [6, 6.07) is 8.76. The van der Waals surface area contributed by atoms with E-state index in [0.717, 1.165) is 23.5 Å². The van der Waals surface area contributed by atoms with Gasteiger partial charge in [-0.05, 0) is 57.0 Å². The van der Waals surface area contributed by atoms with Crippen LogP contribution in [0.4, 0.5) is 24.7 Å². The summed E-state index contributed by atoms with van der Waals surface area (Å²) >= 11 is 0. The molecule has 0 aliphatic carbocycles. The molecule has 1 aromatic carbocycles. The van der Waals surface area contributed by atoms with Gasteiger partial charge < -0.3 is 10.2 Å². The van der Waals surface area contributed by atoms with Crippen LogP contribution in [0.5, 0.6) is 0 Å². The normalized spacial score (nSPS) is 15.3. The fraction of sp³-hybridized carbons (Fsp3) is 0.364. The maximum atomic E-state index is 13.0. The first-order valence-corrected chi connectivity index (χ1v) is 10.1. The molecular weight excluding hydrogens is 407 g/mol. The summed E-state index contributed by atoms with van der Waals surface area (Å²) in [5.74, 6) is 0.0353. The summed E-state index contributed by atoms with van der Waals surface area (Å²) in [6.45, 7) is 4.75. The van der Waals surface area contributed by atoms with Gasteiger partial charge in [-0.3, -0.25) is 4.79 Å². The lowest BCUT2D eigenvalue weighted by Gasteiger charge is -2.33. The molecule has 9 heteroatoms. The molecule has 1 N–H and O–H groups in total. The van der Waals surface area contributed by atoms with Gasteiger partial charge in [0, 0.05) is 24.7 Å². The van der Waals surface area contributed by atoms with Crippen molar-refractivity contribution < 1.29 is 18.0 Å². The third-order valence-corrected chi connectivity index (χ3v) is 5.60. The number of nitrogens with zero attached hydrogens (tertiary/aromatic N) is 4. The first kappa shape index (κ1) is 21.0. The van der Waals surface area contributed by atoms with Gasteiger partial charge in [-0.15, -0.1) is 0 Å². The Morgan fingerprint density at radius 1 is 1.03 bits per heavy atom. The number of amides is 1. The number of nitrogens with one attached hydrogen (secondary N) is 1. The number of carbonyl (C=O) groups excluding carboxylic acids is 1. The van der Waals surface area contributed by atoms with Crippen LogP contribution in [0, 0.1) is 19.8 Å². The van der Waals surface area contributed by atoms with E-state index >= 15 is 0 Å². The molecule has 0 unspecified atom stereocenters. The third kappa shape index (κ3) is 4.60. The van der Waals surface area contributed by atoms with Crippen LogP contribution < -0.4 is 10.2 Å². The summed E-state index contributed by atoms with van der Waals surface area (Å²) in [4.78, 5) is 27.8. The van der Waals surface area contributed by atoms with Crippen LogP contribution in [0.25, 0.3) is 11.2 Å². The number of anilines is 2. The molecule has 1 amide bonds. The number of piperidine rings is 1. The zero-order chi connectivity index (χ0) is 22.2. The number of rotatable bonds is 3. The Labute approximate surface area is 177 Å². The summed E-state index contributed by atoms with van der Waals surface area (Å²) < 4.78 is 38.9. The number of halogens is 3. The first-order valence-electron chi connectivity index (χ1n) is 10.1. The second-order valence-corrected chi connectivity index (χ2v) is 7.73. The summed E-state index contributed by atoms with van der Waals surface area (Å²) in [7, 11) is 0. The summed E-state index contributed by atoms with van der Waals surface area (Å²) in [5, 5.41) is 2.84. The minimum Gasteiger partial charge on any atom is -0.371 e. The van der Waals surface area contributed by atoms with E-state index in [2.05, 4.69) is 20.3 Å². The molecule has 0 radical (unpaired) electrons. The van der Waals surface area contributed by atoms with E-state index < -0.39 is 11.7 Å². The third-order valence-electron chi connectivity index (χ3n) is 5.60. The van der Waals surface area contributed by atoms with Crippen molar-refractivity contribution in [2.24, 2.45) is 5.92 Å². The van der Waals surface area contributed by atoms with Gasteiger partial charge in [0.1, 0.15) is 11.3 Å². The fourth-order valence-electron chi connectivity index (χ4n) is 3.69. The molecule has 0 spiro atoms. The highest BCUT2D eigenvalue weighted by atomic mass is 19.4. The van der Waals surface area contributed by atoms with E-state index in [0.29, 0.717) is 48.6 Å². The van der Waals surface area contributed by atoms with Crippen molar-refractivity contribution in [1.29, 1.82) is 0 Å². The lowest BCUT2D eigenvalue weighted by atomic mass is 9.95. The lowest BCUT2D eigenvalue weighted by Crippen LogP contribution is -2.38. The predicted octanol–water partition coefficient (Wildman–Crippen LogP) is 4.52. The molecule has 2 aromatic heterocycles. The second kappa shape index (κ2) is 8.13. The molecular formula is C22H22F3N5O. The highest BCUT2D eigenvalue weighted by Crippen LogP contribution is 2.33. The molecule has 3 heterocycles. The predicted molar refractivity (Wildman–Crippen MR) is 112 cm³/mol. The van der Waals surface area contributed by atoms with Crippen molar-refractivity contribution in [1.82, 2.24) is 15.0 Å². The fourth-order valence-corrected chi connectivity index (χ4v) is 3.69. The number of benzene rings is 1. The monoisotopic (exact) mass is 429 g/mol. The molecule has 1 aliphatic rings. The topological polar surface area (TPSA) is 71.0 Å².